The number of ether oxygens (including phenoxy) is 1. The van der Waals surface area contributed by atoms with Crippen LogP contribution in [0.4, 0.5) is 10.8 Å². The van der Waals surface area contributed by atoms with E-state index in [0.29, 0.717) is 17.4 Å². The van der Waals surface area contributed by atoms with Crippen molar-refractivity contribution in [3.05, 3.63) is 37.3 Å². The van der Waals surface area contributed by atoms with E-state index in [1.165, 1.54) is 11.3 Å². The van der Waals surface area contributed by atoms with E-state index in [2.05, 4.69) is 48.8 Å². The van der Waals surface area contributed by atoms with Crippen LogP contribution in [0.15, 0.2) is 28.1 Å². The van der Waals surface area contributed by atoms with Gasteiger partial charge in [0.25, 0.3) is 0 Å². The maximum atomic E-state index is 11.5. The quantitative estimate of drug-likeness (QED) is 0.550. The lowest BCUT2D eigenvalue weighted by Crippen LogP contribution is -2.05. The molecule has 100 valence electrons. The Bertz CT molecular complexity index is 603. The first kappa shape index (κ1) is 14.7. The SMILES string of the molecule is CCOC(=O)c1csc(Nc2ccc(Br)c(I)c2)n1. The van der Waals surface area contributed by atoms with Gasteiger partial charge in [-0.3, -0.25) is 0 Å². The van der Waals surface area contributed by atoms with Crippen molar-refractivity contribution in [2.45, 2.75) is 6.92 Å². The highest BCUT2D eigenvalue weighted by atomic mass is 127. The highest BCUT2D eigenvalue weighted by molar-refractivity contribution is 14.1. The molecule has 1 N–H and O–H groups in total. The number of rotatable bonds is 4. The number of hydrogen-bond acceptors (Lipinski definition) is 5. The van der Waals surface area contributed by atoms with Crippen molar-refractivity contribution in [3.63, 3.8) is 0 Å². The van der Waals surface area contributed by atoms with Crippen LogP contribution >= 0.6 is 49.9 Å². The molecule has 4 nitrogen and oxygen atoms in total. The van der Waals surface area contributed by atoms with Gasteiger partial charge in [-0.25, -0.2) is 9.78 Å². The number of aromatic nitrogens is 1. The molecule has 2 rings (SSSR count). The predicted molar refractivity (Wildman–Crippen MR) is 88.2 cm³/mol. The zero-order valence-electron chi connectivity index (χ0n) is 9.94. The summed E-state index contributed by atoms with van der Waals surface area (Å²) in [6.07, 6.45) is 0. The van der Waals surface area contributed by atoms with Gasteiger partial charge in [0.2, 0.25) is 0 Å². The third kappa shape index (κ3) is 3.90. The summed E-state index contributed by atoms with van der Waals surface area (Å²) in [5.74, 6) is -0.391. The first-order chi connectivity index (χ1) is 9.10. The van der Waals surface area contributed by atoms with Crippen LogP contribution in [-0.2, 0) is 4.74 Å². The molecule has 0 saturated carbocycles. The van der Waals surface area contributed by atoms with Crippen LogP contribution in [-0.4, -0.2) is 17.6 Å². The van der Waals surface area contributed by atoms with Crippen molar-refractivity contribution in [1.29, 1.82) is 0 Å². The summed E-state index contributed by atoms with van der Waals surface area (Å²) in [6.45, 7) is 2.12. The van der Waals surface area contributed by atoms with Crippen molar-refractivity contribution in [3.8, 4) is 0 Å². The lowest BCUT2D eigenvalue weighted by Gasteiger charge is -2.04. The Labute approximate surface area is 136 Å². The molecule has 19 heavy (non-hydrogen) atoms. The molecule has 7 heteroatoms. The number of nitrogens with one attached hydrogen (secondary N) is 1. The lowest BCUT2D eigenvalue weighted by atomic mass is 10.3. The average molecular weight is 453 g/mol. The smallest absolute Gasteiger partial charge is 0.357 e. The number of halogens is 2. The fraction of sp³-hybridized carbons (Fsp3) is 0.167. The number of thiazole rings is 1. The first-order valence-corrected chi connectivity index (χ1v) is 8.20. The predicted octanol–water partition coefficient (Wildman–Crippen LogP) is 4.43. The third-order valence-corrected chi connectivity index (χ3v) is 5.24. The zero-order valence-corrected chi connectivity index (χ0v) is 14.5. The molecule has 1 aromatic heterocycles. The average Bonchev–Trinajstić information content (AvgIpc) is 2.83. The Morgan fingerprint density at radius 2 is 2.37 bits per heavy atom. The van der Waals surface area contributed by atoms with Crippen LogP contribution in [0.25, 0.3) is 0 Å². The van der Waals surface area contributed by atoms with Crippen LogP contribution in [0.1, 0.15) is 17.4 Å². The third-order valence-electron chi connectivity index (χ3n) is 2.16. The summed E-state index contributed by atoms with van der Waals surface area (Å²) in [7, 11) is 0. The highest BCUT2D eigenvalue weighted by Gasteiger charge is 2.11. The molecule has 2 aromatic rings. The van der Waals surface area contributed by atoms with Crippen LogP contribution in [0.5, 0.6) is 0 Å². The molecule has 0 unspecified atom stereocenters. The van der Waals surface area contributed by atoms with Gasteiger partial charge < -0.3 is 10.1 Å². The van der Waals surface area contributed by atoms with Crippen LogP contribution in [0.3, 0.4) is 0 Å². The van der Waals surface area contributed by atoms with Gasteiger partial charge in [0.05, 0.1) is 6.61 Å². The second kappa shape index (κ2) is 6.67. The van der Waals surface area contributed by atoms with E-state index >= 15 is 0 Å². The molecule has 0 radical (unpaired) electrons. The van der Waals surface area contributed by atoms with Crippen molar-refractivity contribution >= 4 is 66.6 Å². The van der Waals surface area contributed by atoms with Crippen LogP contribution in [0, 0.1) is 3.57 Å². The second-order valence-corrected chi connectivity index (χ2v) is 6.39. The Morgan fingerprint density at radius 3 is 3.05 bits per heavy atom. The van der Waals surface area contributed by atoms with E-state index in [0.717, 1.165) is 13.7 Å². The number of esters is 1. The molecular weight excluding hydrogens is 443 g/mol. The Morgan fingerprint density at radius 1 is 1.58 bits per heavy atom. The van der Waals surface area contributed by atoms with Crippen LogP contribution < -0.4 is 5.32 Å². The number of carbonyl (C=O) groups is 1. The summed E-state index contributed by atoms with van der Waals surface area (Å²) in [4.78, 5) is 15.7. The maximum Gasteiger partial charge on any atom is 0.357 e. The Kier molecular flexibility index (Phi) is 5.17. The van der Waals surface area contributed by atoms with Crippen molar-refractivity contribution in [2.24, 2.45) is 0 Å². The minimum absolute atomic E-state index is 0.334. The normalized spacial score (nSPS) is 10.3. The van der Waals surface area contributed by atoms with E-state index < -0.39 is 5.97 Å². The van der Waals surface area contributed by atoms with Gasteiger partial charge in [0, 0.05) is 19.1 Å². The Balaban J connectivity index is 2.11. The minimum Gasteiger partial charge on any atom is -0.461 e. The van der Waals surface area contributed by atoms with E-state index in [1.54, 1.807) is 12.3 Å². The first-order valence-electron chi connectivity index (χ1n) is 5.45. The summed E-state index contributed by atoms with van der Waals surface area (Å²) in [6, 6.07) is 5.90. The summed E-state index contributed by atoms with van der Waals surface area (Å²) in [5.41, 5.74) is 1.26. The molecule has 0 aliphatic carbocycles. The van der Waals surface area contributed by atoms with Gasteiger partial charge in [-0.05, 0) is 63.6 Å². The van der Waals surface area contributed by atoms with Gasteiger partial charge in [-0.1, -0.05) is 0 Å². The van der Waals surface area contributed by atoms with Crippen molar-refractivity contribution < 1.29 is 9.53 Å². The largest absolute Gasteiger partial charge is 0.461 e. The standard InChI is InChI=1S/C12H10BrIN2O2S/c1-2-18-11(17)10-6-19-12(16-10)15-7-3-4-8(13)9(14)5-7/h3-6H,2H2,1H3,(H,15,16). The van der Waals surface area contributed by atoms with E-state index in [-0.39, 0.29) is 0 Å². The zero-order chi connectivity index (χ0) is 13.8. The molecule has 0 atom stereocenters. The number of benzene rings is 1. The minimum atomic E-state index is -0.391. The molecule has 0 spiro atoms. The number of carbonyl (C=O) groups excluding carboxylic acids is 1. The molecular formula is C12H10BrIN2O2S. The lowest BCUT2D eigenvalue weighted by molar-refractivity contribution is 0.0520. The molecule has 1 heterocycles. The monoisotopic (exact) mass is 452 g/mol. The molecule has 0 bridgehead atoms. The van der Waals surface area contributed by atoms with Crippen molar-refractivity contribution in [1.82, 2.24) is 4.98 Å². The van der Waals surface area contributed by atoms with Crippen LogP contribution in [0.2, 0.25) is 0 Å². The topological polar surface area (TPSA) is 51.2 Å². The summed E-state index contributed by atoms with van der Waals surface area (Å²) in [5, 5.41) is 5.52. The van der Waals surface area contributed by atoms with Gasteiger partial charge in [0.1, 0.15) is 0 Å². The van der Waals surface area contributed by atoms with Gasteiger partial charge in [0.15, 0.2) is 10.8 Å². The molecule has 0 saturated heterocycles. The summed E-state index contributed by atoms with van der Waals surface area (Å²) < 4.78 is 7.04. The Hall–Kier alpha value is -0.670. The fourth-order valence-corrected chi connectivity index (χ4v) is 2.79. The van der Waals surface area contributed by atoms with Crippen molar-refractivity contribution in [2.75, 3.05) is 11.9 Å². The summed E-state index contributed by atoms with van der Waals surface area (Å²) >= 11 is 7.06. The highest BCUT2D eigenvalue weighted by Crippen LogP contribution is 2.26. The molecule has 1 aromatic carbocycles. The molecule has 0 fully saturated rings. The van der Waals surface area contributed by atoms with Gasteiger partial charge in [-0.15, -0.1) is 11.3 Å². The van der Waals surface area contributed by atoms with Gasteiger partial charge >= 0.3 is 5.97 Å². The van der Waals surface area contributed by atoms with Gasteiger partial charge in [-0.2, -0.15) is 0 Å². The molecule has 0 aliphatic rings. The number of hydrogen-bond donors (Lipinski definition) is 1. The van der Waals surface area contributed by atoms with E-state index in [4.69, 9.17) is 4.74 Å². The number of anilines is 2. The number of nitrogens with zero attached hydrogens (tertiary/aromatic N) is 1. The maximum absolute atomic E-state index is 11.5. The fourth-order valence-electron chi connectivity index (χ4n) is 1.33. The second-order valence-electron chi connectivity index (χ2n) is 3.51. The van der Waals surface area contributed by atoms with E-state index in [1.807, 2.05) is 18.2 Å². The molecule has 0 aliphatic heterocycles. The molecule has 0 amide bonds. The van der Waals surface area contributed by atoms with E-state index in [9.17, 15) is 4.79 Å².